The number of aromatic nitrogens is 3. The summed E-state index contributed by atoms with van der Waals surface area (Å²) in [5.41, 5.74) is 0.370. The lowest BCUT2D eigenvalue weighted by Crippen LogP contribution is -2.57. The number of nitriles is 1. The van der Waals surface area contributed by atoms with Crippen LogP contribution >= 0.6 is 0 Å². The molecule has 4 rings (SSSR count). The number of rotatable bonds is 4. The van der Waals surface area contributed by atoms with Gasteiger partial charge in [-0.3, -0.25) is 4.79 Å². The zero-order chi connectivity index (χ0) is 19.9. The minimum Gasteiger partial charge on any atom is -0.494 e. The molecule has 1 aromatic heterocycles. The number of carbonyl (C=O) groups is 1. The van der Waals surface area contributed by atoms with Crippen LogP contribution in [0.2, 0.25) is 0 Å². The molecule has 0 aliphatic carbocycles. The largest absolute Gasteiger partial charge is 0.494 e. The molecule has 1 amide bonds. The molecule has 0 spiro atoms. The molecule has 0 radical (unpaired) electrons. The number of carbonyl (C=O) groups excluding carboxylic acids is 1. The van der Waals surface area contributed by atoms with Crippen molar-refractivity contribution in [3.63, 3.8) is 0 Å². The van der Waals surface area contributed by atoms with E-state index in [1.165, 1.54) is 35.8 Å². The Labute approximate surface area is 161 Å². The fourth-order valence-corrected chi connectivity index (χ4v) is 6.05. The number of benzene rings is 1. The van der Waals surface area contributed by atoms with E-state index in [-0.39, 0.29) is 53.0 Å². The van der Waals surface area contributed by atoms with Gasteiger partial charge in [0.05, 0.1) is 18.9 Å². The van der Waals surface area contributed by atoms with E-state index in [0.29, 0.717) is 12.8 Å². The van der Waals surface area contributed by atoms with Crippen LogP contribution in [0.25, 0.3) is 0 Å². The topological polar surface area (TPSA) is 132 Å². The number of nitrogens with one attached hydrogen (secondary N) is 1. The Bertz CT molecular complexity index is 1030. The van der Waals surface area contributed by atoms with E-state index in [1.807, 2.05) is 6.07 Å². The van der Waals surface area contributed by atoms with E-state index < -0.39 is 10.0 Å². The van der Waals surface area contributed by atoms with Crippen molar-refractivity contribution in [1.82, 2.24) is 24.6 Å². The van der Waals surface area contributed by atoms with E-state index in [0.717, 1.165) is 0 Å². The van der Waals surface area contributed by atoms with Gasteiger partial charge in [-0.2, -0.15) is 25.0 Å². The van der Waals surface area contributed by atoms with Crippen molar-refractivity contribution >= 4 is 15.9 Å². The Morgan fingerprint density at radius 1 is 1.32 bits per heavy atom. The van der Waals surface area contributed by atoms with Gasteiger partial charge < -0.3 is 9.64 Å². The van der Waals surface area contributed by atoms with Gasteiger partial charge in [-0.05, 0) is 25.0 Å². The summed E-state index contributed by atoms with van der Waals surface area (Å²) in [7, 11) is -2.55. The van der Waals surface area contributed by atoms with Gasteiger partial charge >= 0.3 is 0 Å². The summed E-state index contributed by atoms with van der Waals surface area (Å²) in [5.74, 6) is -0.225. The molecule has 146 valence electrons. The first-order chi connectivity index (χ1) is 13.5. The van der Waals surface area contributed by atoms with Crippen molar-refractivity contribution < 1.29 is 17.9 Å². The molecular formula is C17H18N6O4S. The van der Waals surface area contributed by atoms with Crippen molar-refractivity contribution in [2.24, 2.45) is 0 Å². The van der Waals surface area contributed by atoms with Crippen LogP contribution in [0.5, 0.6) is 5.75 Å². The first kappa shape index (κ1) is 18.4. The molecule has 10 nitrogen and oxygen atoms in total. The molecule has 1 N–H and O–H groups in total. The summed E-state index contributed by atoms with van der Waals surface area (Å²) >= 11 is 0. The third kappa shape index (κ3) is 2.81. The molecule has 3 heterocycles. The second kappa shape index (κ2) is 6.88. The van der Waals surface area contributed by atoms with Crippen molar-refractivity contribution in [3.8, 4) is 11.8 Å². The molecule has 2 aromatic rings. The maximum Gasteiger partial charge on any atom is 0.276 e. The second-order valence-electron chi connectivity index (χ2n) is 6.73. The van der Waals surface area contributed by atoms with Gasteiger partial charge in [-0.1, -0.05) is 6.07 Å². The van der Waals surface area contributed by atoms with Crippen LogP contribution in [0.4, 0.5) is 0 Å². The smallest absolute Gasteiger partial charge is 0.276 e. The van der Waals surface area contributed by atoms with Crippen molar-refractivity contribution in [2.45, 2.75) is 29.8 Å². The van der Waals surface area contributed by atoms with Crippen LogP contribution in [0.1, 0.15) is 28.9 Å². The van der Waals surface area contributed by atoms with E-state index >= 15 is 0 Å². The quantitative estimate of drug-likeness (QED) is 0.781. The second-order valence-corrected chi connectivity index (χ2v) is 8.55. The van der Waals surface area contributed by atoms with Gasteiger partial charge in [-0.15, -0.1) is 0 Å². The molecular weight excluding hydrogens is 384 g/mol. The molecule has 28 heavy (non-hydrogen) atoms. The van der Waals surface area contributed by atoms with Crippen LogP contribution < -0.4 is 4.74 Å². The third-order valence-electron chi connectivity index (χ3n) is 5.20. The number of para-hydroxylation sites is 1. The third-order valence-corrected chi connectivity index (χ3v) is 7.22. The number of aromatic amines is 1. The number of ether oxygens (including phenoxy) is 1. The Morgan fingerprint density at radius 2 is 2.04 bits per heavy atom. The first-order valence-electron chi connectivity index (χ1n) is 8.73. The van der Waals surface area contributed by atoms with E-state index in [9.17, 15) is 18.5 Å². The summed E-state index contributed by atoms with van der Waals surface area (Å²) in [4.78, 5) is 14.2. The zero-order valence-corrected chi connectivity index (χ0v) is 15.9. The maximum absolute atomic E-state index is 13.4. The van der Waals surface area contributed by atoms with Gasteiger partial charge in [0.1, 0.15) is 11.0 Å². The summed E-state index contributed by atoms with van der Waals surface area (Å²) < 4.78 is 33.5. The number of H-pyrrole nitrogens is 1. The fraction of sp³-hybridized carbons (Fsp3) is 0.412. The summed E-state index contributed by atoms with van der Waals surface area (Å²) in [6, 6.07) is 5.77. The number of methoxy groups -OCH3 is 1. The Kier molecular flexibility index (Phi) is 4.52. The van der Waals surface area contributed by atoms with E-state index in [1.54, 1.807) is 4.90 Å². The Hall–Kier alpha value is -2.97. The van der Waals surface area contributed by atoms with Crippen molar-refractivity contribution in [1.29, 1.82) is 5.26 Å². The average Bonchev–Trinajstić information content (AvgIpc) is 3.33. The molecule has 2 bridgehead atoms. The lowest BCUT2D eigenvalue weighted by Gasteiger charge is -2.39. The lowest BCUT2D eigenvalue weighted by molar-refractivity contribution is 0.0608. The number of amides is 1. The van der Waals surface area contributed by atoms with Crippen LogP contribution in [-0.2, 0) is 10.0 Å². The van der Waals surface area contributed by atoms with Crippen molar-refractivity contribution in [3.05, 3.63) is 35.7 Å². The normalized spacial score (nSPS) is 22.1. The Morgan fingerprint density at radius 3 is 2.61 bits per heavy atom. The number of piperazine rings is 1. The van der Waals surface area contributed by atoms with E-state index in [4.69, 9.17) is 4.74 Å². The minimum absolute atomic E-state index is 0.0257. The standard InChI is InChI=1S/C17H18N6O4S/c1-27-16-11(7-18)3-2-4-15(16)28(25,26)23-12-5-6-13(23)10-22(9-12)17(24)14-8-19-21-20-14/h2-4,8,12-13H,5-6,9-10H2,1H3,(H,19,20,21). The molecule has 1 aromatic carbocycles. The number of likely N-dealkylation sites (tertiary alicyclic amines) is 1. The zero-order valence-electron chi connectivity index (χ0n) is 15.1. The Balaban J connectivity index is 1.65. The van der Waals surface area contributed by atoms with Gasteiger partial charge in [0.2, 0.25) is 10.0 Å². The molecule has 2 saturated heterocycles. The van der Waals surface area contributed by atoms with Gasteiger partial charge in [0.15, 0.2) is 11.4 Å². The molecule has 2 aliphatic rings. The summed E-state index contributed by atoms with van der Waals surface area (Å²) in [5, 5.41) is 19.1. The predicted molar refractivity (Wildman–Crippen MR) is 95.8 cm³/mol. The first-order valence-corrected chi connectivity index (χ1v) is 10.2. The van der Waals surface area contributed by atoms with Gasteiger partial charge in [0, 0.05) is 25.2 Å². The highest BCUT2D eigenvalue weighted by Gasteiger charge is 2.48. The van der Waals surface area contributed by atoms with Crippen LogP contribution in [0, 0.1) is 11.3 Å². The van der Waals surface area contributed by atoms with Gasteiger partial charge in [-0.25, -0.2) is 8.42 Å². The maximum atomic E-state index is 13.4. The molecule has 2 aliphatic heterocycles. The highest BCUT2D eigenvalue weighted by atomic mass is 32.2. The minimum atomic E-state index is -3.89. The lowest BCUT2D eigenvalue weighted by atomic mass is 10.2. The van der Waals surface area contributed by atoms with Gasteiger partial charge in [0.25, 0.3) is 5.91 Å². The number of nitrogens with zero attached hydrogens (tertiary/aromatic N) is 5. The number of sulfonamides is 1. The van der Waals surface area contributed by atoms with Crippen LogP contribution in [-0.4, -0.2) is 71.2 Å². The van der Waals surface area contributed by atoms with E-state index in [2.05, 4.69) is 15.4 Å². The monoisotopic (exact) mass is 402 g/mol. The van der Waals surface area contributed by atoms with Crippen LogP contribution in [0.15, 0.2) is 29.3 Å². The number of fused-ring (bicyclic) bond motifs is 2. The SMILES string of the molecule is COc1c(C#N)cccc1S(=O)(=O)N1C2CCC1CN(C(=O)c1cn[nH]n1)C2. The van der Waals surface area contributed by atoms with Crippen LogP contribution in [0.3, 0.4) is 0 Å². The average molecular weight is 402 g/mol. The molecule has 2 unspecified atom stereocenters. The highest BCUT2D eigenvalue weighted by Crippen LogP contribution is 2.38. The summed E-state index contributed by atoms with van der Waals surface area (Å²) in [6.07, 6.45) is 2.67. The van der Waals surface area contributed by atoms with Crippen molar-refractivity contribution in [2.75, 3.05) is 20.2 Å². The summed E-state index contributed by atoms with van der Waals surface area (Å²) in [6.45, 7) is 0.559. The highest BCUT2D eigenvalue weighted by molar-refractivity contribution is 7.89. The molecule has 2 fully saturated rings. The molecule has 0 saturated carbocycles. The predicted octanol–water partition coefficient (Wildman–Crippen LogP) is 0.363. The number of hydrogen-bond acceptors (Lipinski definition) is 7. The number of hydrogen-bond donors (Lipinski definition) is 1. The molecule has 11 heteroatoms. The molecule has 2 atom stereocenters. The fourth-order valence-electron chi connectivity index (χ4n) is 4.02.